The molecule has 0 aromatic heterocycles. The molecule has 0 fully saturated rings. The number of hydrogen-bond donors (Lipinski definition) is 2. The van der Waals surface area contributed by atoms with Crippen molar-refractivity contribution >= 4 is 11.9 Å². The van der Waals surface area contributed by atoms with Gasteiger partial charge >= 0.3 is 5.97 Å². The Morgan fingerprint density at radius 1 is 1.27 bits per heavy atom. The molecule has 0 aliphatic rings. The SMILES string of the molecule is COc1cc(C(=O)NC(C)(C)C(=O)O)ccc1OCC(C)C. The van der Waals surface area contributed by atoms with Gasteiger partial charge in [-0.05, 0) is 38.0 Å². The third-order valence-electron chi connectivity index (χ3n) is 2.96. The van der Waals surface area contributed by atoms with E-state index < -0.39 is 17.4 Å². The first-order valence-corrected chi connectivity index (χ1v) is 7.04. The Labute approximate surface area is 130 Å². The van der Waals surface area contributed by atoms with E-state index in [4.69, 9.17) is 14.6 Å². The van der Waals surface area contributed by atoms with E-state index in [2.05, 4.69) is 5.32 Å². The number of carbonyl (C=O) groups is 2. The Kier molecular flexibility index (Phi) is 5.79. The summed E-state index contributed by atoms with van der Waals surface area (Å²) in [5.41, 5.74) is -1.04. The number of carbonyl (C=O) groups excluding carboxylic acids is 1. The summed E-state index contributed by atoms with van der Waals surface area (Å²) in [4.78, 5) is 23.2. The van der Waals surface area contributed by atoms with E-state index >= 15 is 0 Å². The van der Waals surface area contributed by atoms with E-state index in [-0.39, 0.29) is 0 Å². The molecule has 0 unspecified atom stereocenters. The third-order valence-corrected chi connectivity index (χ3v) is 2.96. The van der Waals surface area contributed by atoms with Crippen LogP contribution >= 0.6 is 0 Å². The summed E-state index contributed by atoms with van der Waals surface area (Å²) in [6, 6.07) is 4.75. The number of ether oxygens (including phenoxy) is 2. The number of amides is 1. The fourth-order valence-corrected chi connectivity index (χ4v) is 1.59. The average molecular weight is 309 g/mol. The fraction of sp³-hybridized carbons (Fsp3) is 0.500. The maximum atomic E-state index is 12.1. The zero-order valence-electron chi connectivity index (χ0n) is 13.6. The van der Waals surface area contributed by atoms with Gasteiger partial charge in [-0.2, -0.15) is 0 Å². The lowest BCUT2D eigenvalue weighted by Gasteiger charge is -2.21. The molecule has 0 aliphatic heterocycles. The molecule has 6 nitrogen and oxygen atoms in total. The minimum absolute atomic E-state index is 0.308. The van der Waals surface area contributed by atoms with Crippen LogP contribution in [0, 0.1) is 5.92 Å². The van der Waals surface area contributed by atoms with Gasteiger partial charge in [-0.3, -0.25) is 4.79 Å². The van der Waals surface area contributed by atoms with Gasteiger partial charge in [-0.25, -0.2) is 4.79 Å². The number of methoxy groups -OCH3 is 1. The molecule has 0 bridgehead atoms. The molecule has 1 aromatic rings. The zero-order chi connectivity index (χ0) is 16.9. The van der Waals surface area contributed by atoms with Crippen molar-refractivity contribution in [1.82, 2.24) is 5.32 Å². The van der Waals surface area contributed by atoms with Gasteiger partial charge in [0.2, 0.25) is 0 Å². The van der Waals surface area contributed by atoms with Crippen molar-refractivity contribution in [2.75, 3.05) is 13.7 Å². The molecule has 0 radical (unpaired) electrons. The van der Waals surface area contributed by atoms with E-state index in [1.807, 2.05) is 13.8 Å². The minimum atomic E-state index is -1.35. The maximum Gasteiger partial charge on any atom is 0.328 e. The first-order chi connectivity index (χ1) is 10.2. The van der Waals surface area contributed by atoms with Gasteiger partial charge < -0.3 is 19.9 Å². The van der Waals surface area contributed by atoms with Crippen LogP contribution in [0.5, 0.6) is 11.5 Å². The van der Waals surface area contributed by atoms with Crippen molar-refractivity contribution in [3.63, 3.8) is 0 Å². The smallest absolute Gasteiger partial charge is 0.328 e. The highest BCUT2D eigenvalue weighted by molar-refractivity contribution is 5.98. The summed E-state index contributed by atoms with van der Waals surface area (Å²) in [6.45, 7) is 7.44. The number of nitrogens with one attached hydrogen (secondary N) is 1. The molecule has 122 valence electrons. The molecule has 1 aromatic carbocycles. The highest BCUT2D eigenvalue weighted by Crippen LogP contribution is 2.28. The van der Waals surface area contributed by atoms with Gasteiger partial charge in [-0.1, -0.05) is 13.8 Å². The quantitative estimate of drug-likeness (QED) is 0.807. The molecule has 0 heterocycles. The third kappa shape index (κ3) is 4.65. The standard InChI is InChI=1S/C16H23NO5/c1-10(2)9-22-12-7-6-11(8-13(12)21-5)14(18)17-16(3,4)15(19)20/h6-8,10H,9H2,1-5H3,(H,17,18)(H,19,20). The molecule has 0 atom stereocenters. The van der Waals surface area contributed by atoms with Crippen LogP contribution in [-0.4, -0.2) is 36.2 Å². The van der Waals surface area contributed by atoms with Crippen molar-refractivity contribution in [3.8, 4) is 11.5 Å². The van der Waals surface area contributed by atoms with Gasteiger partial charge in [-0.15, -0.1) is 0 Å². The lowest BCUT2D eigenvalue weighted by Crippen LogP contribution is -2.49. The van der Waals surface area contributed by atoms with Gasteiger partial charge in [0.1, 0.15) is 5.54 Å². The van der Waals surface area contributed by atoms with E-state index in [0.29, 0.717) is 29.6 Å². The van der Waals surface area contributed by atoms with Crippen molar-refractivity contribution < 1.29 is 24.2 Å². The molecule has 2 N–H and O–H groups in total. The van der Waals surface area contributed by atoms with Crippen LogP contribution in [0.4, 0.5) is 0 Å². The lowest BCUT2D eigenvalue weighted by atomic mass is 10.1. The molecule has 1 rings (SSSR count). The second-order valence-corrected chi connectivity index (χ2v) is 5.95. The Balaban J connectivity index is 2.93. The summed E-state index contributed by atoms with van der Waals surface area (Å²) in [5, 5.41) is 11.5. The normalized spacial score (nSPS) is 11.2. The predicted molar refractivity (Wildman–Crippen MR) is 82.5 cm³/mol. The van der Waals surface area contributed by atoms with Crippen LogP contribution in [-0.2, 0) is 4.79 Å². The Morgan fingerprint density at radius 3 is 2.41 bits per heavy atom. The number of rotatable bonds is 7. The summed E-state index contributed by atoms with van der Waals surface area (Å²) in [6.07, 6.45) is 0. The molecule has 22 heavy (non-hydrogen) atoms. The van der Waals surface area contributed by atoms with Crippen molar-refractivity contribution in [2.45, 2.75) is 33.2 Å². The van der Waals surface area contributed by atoms with Crippen LogP contribution in [0.25, 0.3) is 0 Å². The molecular weight excluding hydrogens is 286 g/mol. The van der Waals surface area contributed by atoms with Crippen LogP contribution < -0.4 is 14.8 Å². The van der Waals surface area contributed by atoms with E-state index in [1.165, 1.54) is 27.0 Å². The van der Waals surface area contributed by atoms with Crippen molar-refractivity contribution in [1.29, 1.82) is 0 Å². The molecule has 0 aliphatic carbocycles. The average Bonchev–Trinajstić information content (AvgIpc) is 2.44. The maximum absolute atomic E-state index is 12.1. The highest BCUT2D eigenvalue weighted by Gasteiger charge is 2.29. The van der Waals surface area contributed by atoms with E-state index in [1.54, 1.807) is 12.1 Å². The van der Waals surface area contributed by atoms with Gasteiger partial charge in [0.05, 0.1) is 13.7 Å². The number of carboxylic acids is 1. The number of hydrogen-bond acceptors (Lipinski definition) is 4. The summed E-state index contributed by atoms with van der Waals surface area (Å²) >= 11 is 0. The molecule has 0 saturated heterocycles. The second kappa shape index (κ2) is 7.15. The Morgan fingerprint density at radius 2 is 1.91 bits per heavy atom. The number of aliphatic carboxylic acids is 1. The van der Waals surface area contributed by atoms with Crippen molar-refractivity contribution in [3.05, 3.63) is 23.8 Å². The summed E-state index contributed by atoms with van der Waals surface area (Å²) in [5.74, 6) is -0.249. The molecular formula is C16H23NO5. The topological polar surface area (TPSA) is 84.9 Å². The van der Waals surface area contributed by atoms with Gasteiger partial charge in [0.25, 0.3) is 5.91 Å². The molecule has 6 heteroatoms. The largest absolute Gasteiger partial charge is 0.493 e. The van der Waals surface area contributed by atoms with Crippen molar-refractivity contribution in [2.24, 2.45) is 5.92 Å². The van der Waals surface area contributed by atoms with Gasteiger partial charge in [0.15, 0.2) is 11.5 Å². The zero-order valence-corrected chi connectivity index (χ0v) is 13.6. The Bertz CT molecular complexity index is 551. The first kappa shape index (κ1) is 17.8. The summed E-state index contributed by atoms with van der Waals surface area (Å²) in [7, 11) is 1.49. The molecule has 1 amide bonds. The monoisotopic (exact) mass is 309 g/mol. The highest BCUT2D eigenvalue weighted by atomic mass is 16.5. The Hall–Kier alpha value is -2.24. The number of carboxylic acid groups (broad SMARTS) is 1. The first-order valence-electron chi connectivity index (χ1n) is 7.04. The van der Waals surface area contributed by atoms with Crippen LogP contribution in [0.2, 0.25) is 0 Å². The van der Waals surface area contributed by atoms with Crippen LogP contribution in [0.3, 0.4) is 0 Å². The van der Waals surface area contributed by atoms with Crippen LogP contribution in [0.15, 0.2) is 18.2 Å². The second-order valence-electron chi connectivity index (χ2n) is 5.95. The van der Waals surface area contributed by atoms with Crippen LogP contribution in [0.1, 0.15) is 38.1 Å². The summed E-state index contributed by atoms with van der Waals surface area (Å²) < 4.78 is 10.8. The lowest BCUT2D eigenvalue weighted by molar-refractivity contribution is -0.143. The number of benzene rings is 1. The van der Waals surface area contributed by atoms with E-state index in [0.717, 1.165) is 0 Å². The minimum Gasteiger partial charge on any atom is -0.493 e. The van der Waals surface area contributed by atoms with Gasteiger partial charge in [0, 0.05) is 5.56 Å². The van der Waals surface area contributed by atoms with E-state index in [9.17, 15) is 9.59 Å². The predicted octanol–water partition coefficient (Wildman–Crippen LogP) is 2.32. The molecule has 0 spiro atoms. The fourth-order valence-electron chi connectivity index (χ4n) is 1.59. The molecule has 0 saturated carbocycles.